The lowest BCUT2D eigenvalue weighted by atomic mass is 9.74. The lowest BCUT2D eigenvalue weighted by molar-refractivity contribution is 0.0995. The maximum atomic E-state index is 11.5. The van der Waals surface area contributed by atoms with Gasteiger partial charge in [0, 0.05) is 23.7 Å². The van der Waals surface area contributed by atoms with E-state index in [1.807, 2.05) is 13.0 Å². The van der Waals surface area contributed by atoms with Gasteiger partial charge in [-0.1, -0.05) is 60.7 Å². The molecule has 1 unspecified atom stereocenters. The Balaban J connectivity index is 1.39. The molecule has 0 radical (unpaired) electrons. The van der Waals surface area contributed by atoms with Crippen molar-refractivity contribution in [1.82, 2.24) is 14.7 Å². The van der Waals surface area contributed by atoms with Gasteiger partial charge in [-0.25, -0.2) is 4.68 Å². The van der Waals surface area contributed by atoms with Crippen molar-refractivity contribution in [1.29, 1.82) is 0 Å². The number of nitrogens with zero attached hydrogens (tertiary/aromatic N) is 3. The van der Waals surface area contributed by atoms with E-state index in [4.69, 9.17) is 5.73 Å². The molecular weight excluding hydrogens is 448 g/mol. The van der Waals surface area contributed by atoms with Gasteiger partial charge in [0.05, 0.1) is 12.3 Å². The summed E-state index contributed by atoms with van der Waals surface area (Å²) in [4.78, 5) is 14.0. The van der Waals surface area contributed by atoms with E-state index in [-0.39, 0.29) is 23.8 Å². The van der Waals surface area contributed by atoms with E-state index in [0.717, 1.165) is 50.2 Å². The van der Waals surface area contributed by atoms with Gasteiger partial charge >= 0.3 is 0 Å². The highest BCUT2D eigenvalue weighted by molar-refractivity contribution is 5.90. The van der Waals surface area contributed by atoms with E-state index in [2.05, 4.69) is 76.8 Å². The van der Waals surface area contributed by atoms with Crippen LogP contribution in [0.4, 0.5) is 0 Å². The maximum Gasteiger partial charge on any atom is 0.269 e. The fourth-order valence-corrected chi connectivity index (χ4v) is 5.60. The fourth-order valence-electron chi connectivity index (χ4n) is 5.60. The van der Waals surface area contributed by atoms with Crippen LogP contribution in [0.3, 0.4) is 0 Å². The van der Waals surface area contributed by atoms with E-state index >= 15 is 0 Å². The highest BCUT2D eigenvalue weighted by Gasteiger charge is 2.35. The number of carbonyl (C=O) groups is 1. The summed E-state index contributed by atoms with van der Waals surface area (Å²) in [5, 5.41) is 14.3. The minimum Gasteiger partial charge on any atom is -0.395 e. The molecule has 0 spiro atoms. The zero-order valence-corrected chi connectivity index (χ0v) is 20.8. The quantitative estimate of drug-likeness (QED) is 0.501. The first kappa shape index (κ1) is 24.2. The molecule has 0 saturated carbocycles. The van der Waals surface area contributed by atoms with E-state index in [0.29, 0.717) is 0 Å². The molecule has 5 rings (SSSR count). The maximum absolute atomic E-state index is 11.5. The molecule has 1 amide bonds. The van der Waals surface area contributed by atoms with Gasteiger partial charge in [0.15, 0.2) is 5.69 Å². The first-order chi connectivity index (χ1) is 17.5. The predicted molar refractivity (Wildman–Crippen MR) is 143 cm³/mol. The first-order valence-corrected chi connectivity index (χ1v) is 12.7. The van der Waals surface area contributed by atoms with E-state index in [1.165, 1.54) is 16.7 Å². The molecule has 1 fully saturated rings. The number of rotatable bonds is 8. The highest BCUT2D eigenvalue weighted by Crippen LogP contribution is 2.38. The van der Waals surface area contributed by atoms with Crippen LogP contribution in [0.2, 0.25) is 0 Å². The zero-order chi connectivity index (χ0) is 25.1. The monoisotopic (exact) mass is 482 g/mol. The molecule has 3 aromatic rings. The minimum absolute atomic E-state index is 0.0433. The highest BCUT2D eigenvalue weighted by atomic mass is 16.3. The summed E-state index contributed by atoms with van der Waals surface area (Å²) in [5.41, 5.74) is 11.2. The van der Waals surface area contributed by atoms with Crippen molar-refractivity contribution in [3.05, 3.63) is 101 Å². The molecule has 1 aliphatic heterocycles. The Morgan fingerprint density at radius 2 is 1.94 bits per heavy atom. The molecule has 2 aliphatic rings. The number of likely N-dealkylation sites (tertiary alicyclic amines) is 1. The second kappa shape index (κ2) is 10.2. The number of benzene rings is 2. The molecule has 1 saturated heterocycles. The molecule has 1 aliphatic carbocycles. The van der Waals surface area contributed by atoms with Crippen LogP contribution in [0.15, 0.2) is 78.9 Å². The van der Waals surface area contributed by atoms with Crippen LogP contribution in [-0.2, 0) is 6.42 Å². The minimum atomic E-state index is -0.523. The zero-order valence-electron chi connectivity index (χ0n) is 20.8. The number of aromatic nitrogens is 2. The Morgan fingerprint density at radius 1 is 1.17 bits per heavy atom. The Morgan fingerprint density at radius 3 is 2.58 bits per heavy atom. The number of amides is 1. The number of hydrogen-bond acceptors (Lipinski definition) is 4. The molecule has 36 heavy (non-hydrogen) atoms. The van der Waals surface area contributed by atoms with Crippen LogP contribution < -0.4 is 5.73 Å². The fraction of sp³-hybridized carbons (Fsp3) is 0.333. The van der Waals surface area contributed by atoms with E-state index in [9.17, 15) is 9.90 Å². The van der Waals surface area contributed by atoms with Crippen molar-refractivity contribution < 1.29 is 9.90 Å². The third-order valence-corrected chi connectivity index (χ3v) is 7.56. The molecular formula is C30H34N4O2. The second-order valence-electron chi connectivity index (χ2n) is 10.2. The van der Waals surface area contributed by atoms with E-state index in [1.54, 1.807) is 10.7 Å². The van der Waals surface area contributed by atoms with Gasteiger partial charge in [-0.05, 0) is 74.1 Å². The van der Waals surface area contributed by atoms with Crippen molar-refractivity contribution in [3.8, 4) is 5.69 Å². The van der Waals surface area contributed by atoms with Gasteiger partial charge in [-0.15, -0.1) is 0 Å². The predicted octanol–water partition coefficient (Wildman–Crippen LogP) is 4.31. The van der Waals surface area contributed by atoms with Gasteiger partial charge in [0.2, 0.25) is 0 Å². The van der Waals surface area contributed by atoms with Gasteiger partial charge in [0.1, 0.15) is 0 Å². The van der Waals surface area contributed by atoms with Crippen LogP contribution in [0.25, 0.3) is 11.3 Å². The summed E-state index contributed by atoms with van der Waals surface area (Å²) >= 11 is 0. The van der Waals surface area contributed by atoms with Crippen LogP contribution in [0, 0.1) is 12.3 Å². The number of primary amides is 1. The molecule has 2 aromatic carbocycles. The average molecular weight is 483 g/mol. The Labute approximate surface area is 212 Å². The molecule has 2 atom stereocenters. The third-order valence-electron chi connectivity index (χ3n) is 7.56. The second-order valence-corrected chi connectivity index (χ2v) is 10.2. The normalized spacial score (nSPS) is 22.1. The van der Waals surface area contributed by atoms with Crippen LogP contribution >= 0.6 is 0 Å². The molecule has 6 heteroatoms. The summed E-state index contributed by atoms with van der Waals surface area (Å²) in [6.45, 7) is 4.10. The topological polar surface area (TPSA) is 84.4 Å². The summed E-state index contributed by atoms with van der Waals surface area (Å²) in [5.74, 6) is -0.523. The van der Waals surface area contributed by atoms with Crippen molar-refractivity contribution in [2.75, 3.05) is 19.7 Å². The summed E-state index contributed by atoms with van der Waals surface area (Å²) in [6, 6.07) is 20.9. The van der Waals surface area contributed by atoms with Crippen LogP contribution in [0.1, 0.15) is 46.6 Å². The number of aliphatic hydroxyl groups excluding tert-OH is 1. The van der Waals surface area contributed by atoms with Gasteiger partial charge in [-0.2, -0.15) is 5.10 Å². The smallest absolute Gasteiger partial charge is 0.269 e. The summed E-state index contributed by atoms with van der Waals surface area (Å²) in [7, 11) is 0. The number of nitrogens with two attached hydrogens (primary N) is 1. The number of allylic oxidation sites excluding steroid dienone is 3. The first-order valence-electron chi connectivity index (χ1n) is 12.7. The number of aryl methyl sites for hydroxylation is 1. The van der Waals surface area contributed by atoms with Gasteiger partial charge in [0.25, 0.3) is 5.91 Å². The molecule has 3 N–H and O–H groups in total. The third kappa shape index (κ3) is 5.06. The van der Waals surface area contributed by atoms with Crippen LogP contribution in [0.5, 0.6) is 0 Å². The number of carbonyl (C=O) groups excluding carboxylic acids is 1. The summed E-state index contributed by atoms with van der Waals surface area (Å²) < 4.78 is 1.76. The van der Waals surface area contributed by atoms with Gasteiger partial charge in [-0.3, -0.25) is 9.69 Å². The largest absolute Gasteiger partial charge is 0.395 e. The van der Waals surface area contributed by atoms with Crippen molar-refractivity contribution >= 4 is 11.5 Å². The molecule has 186 valence electrons. The SMILES string of the molecule is Cc1cc(C(N)=O)nn1-c1ccc(C[C@]2(CN3CCCC3CO)C=CC(c3ccccc3)=CC2)cc1. The van der Waals surface area contributed by atoms with E-state index < -0.39 is 5.91 Å². The Hall–Kier alpha value is -3.48. The number of aliphatic hydroxyl groups is 1. The standard InChI is InChI=1S/C30H34N4O2/c1-22-18-28(29(31)36)32-34(22)26-11-9-23(10-12-26)19-30(21-33-17-5-8-27(33)20-35)15-13-25(14-16-30)24-6-3-2-4-7-24/h2-4,6-7,9-15,18,27,35H,5,8,16-17,19-21H2,1H3,(H2,31,36)/t27?,30-/m0/s1. The Kier molecular flexibility index (Phi) is 6.90. The lowest BCUT2D eigenvalue weighted by Gasteiger charge is -2.38. The van der Waals surface area contributed by atoms with Crippen molar-refractivity contribution in [3.63, 3.8) is 0 Å². The molecule has 2 heterocycles. The molecule has 0 bridgehead atoms. The molecule has 6 nitrogen and oxygen atoms in total. The average Bonchev–Trinajstić information content (AvgIpc) is 3.51. The van der Waals surface area contributed by atoms with Crippen molar-refractivity contribution in [2.45, 2.75) is 38.6 Å². The van der Waals surface area contributed by atoms with Crippen LogP contribution in [-0.4, -0.2) is 51.4 Å². The number of hydrogen-bond donors (Lipinski definition) is 2. The molecule has 1 aromatic heterocycles. The summed E-state index contributed by atoms with van der Waals surface area (Å²) in [6.07, 6.45) is 11.1. The lowest BCUT2D eigenvalue weighted by Crippen LogP contribution is -2.42. The Bertz CT molecular complexity index is 1280. The van der Waals surface area contributed by atoms with Gasteiger partial charge < -0.3 is 10.8 Å². The van der Waals surface area contributed by atoms with Crippen molar-refractivity contribution in [2.24, 2.45) is 11.1 Å².